The Morgan fingerprint density at radius 3 is 0.891 bits per heavy atom. The molecule has 0 aliphatic rings. The molecule has 0 amide bonds. The normalized spacial score (nSPS) is 12.0. The van der Waals surface area contributed by atoms with Gasteiger partial charge in [0.25, 0.3) is 0 Å². The van der Waals surface area contributed by atoms with Gasteiger partial charge in [0, 0.05) is 55.0 Å². The van der Waals surface area contributed by atoms with E-state index in [2.05, 4.69) is 50.6 Å². The zero-order valence-corrected chi connectivity index (χ0v) is 35.6. The highest BCUT2D eigenvalue weighted by Crippen LogP contribution is 2.28. The molecule has 0 radical (unpaired) electrons. The van der Waals surface area contributed by atoms with Gasteiger partial charge in [-0.25, -0.2) is 0 Å². The van der Waals surface area contributed by atoms with Gasteiger partial charge in [-0.05, 0) is 127 Å². The number of phenolic OH excluding ortho intramolecular Hbond substituents is 3. The Labute approximate surface area is 371 Å². The molecule has 326 valence electrons. The lowest BCUT2D eigenvalue weighted by molar-refractivity contribution is 0.298. The summed E-state index contributed by atoms with van der Waals surface area (Å²) >= 11 is 0. The Bertz CT molecular complexity index is 2330. The van der Waals surface area contributed by atoms with Gasteiger partial charge in [-0.2, -0.15) is 30.7 Å². The van der Waals surface area contributed by atoms with Crippen LogP contribution in [0.1, 0.15) is 16.7 Å². The van der Waals surface area contributed by atoms with E-state index >= 15 is 0 Å². The monoisotopic (exact) mass is 860 g/mol. The maximum atomic E-state index is 10.5. The van der Waals surface area contributed by atoms with Gasteiger partial charge < -0.3 is 29.5 Å². The van der Waals surface area contributed by atoms with Crippen molar-refractivity contribution in [1.29, 1.82) is 0 Å². The van der Waals surface area contributed by atoms with Crippen LogP contribution in [-0.2, 0) is 0 Å². The maximum Gasteiger partial charge on any atom is 0.124 e. The molecule has 0 aromatic heterocycles. The summed E-state index contributed by atoms with van der Waals surface area (Å²) in [5.74, 6) is 2.37. The van der Waals surface area contributed by atoms with Crippen LogP contribution in [0, 0.1) is 0 Å². The van der Waals surface area contributed by atoms with Crippen molar-refractivity contribution in [3.63, 3.8) is 0 Å². The molecular formula is C48H48N10O6. The van der Waals surface area contributed by atoms with E-state index in [1.165, 1.54) is 0 Å². The zero-order chi connectivity index (χ0) is 44.9. The second kappa shape index (κ2) is 23.8. The molecule has 64 heavy (non-hydrogen) atoms. The first-order chi connectivity index (χ1) is 31.3. The number of azo groups is 3. The molecule has 6 aromatic rings. The molecule has 0 heterocycles. The van der Waals surface area contributed by atoms with E-state index in [-0.39, 0.29) is 17.2 Å². The quantitative estimate of drug-likeness (QED) is 0.0471. The number of ether oxygens (including phenoxy) is 3. The minimum Gasteiger partial charge on any atom is -0.507 e. The fourth-order valence-corrected chi connectivity index (χ4v) is 5.84. The van der Waals surface area contributed by atoms with Gasteiger partial charge >= 0.3 is 0 Å². The van der Waals surface area contributed by atoms with Gasteiger partial charge in [-0.15, -0.1) is 0 Å². The van der Waals surface area contributed by atoms with Crippen LogP contribution in [0.4, 0.5) is 34.1 Å². The third-order valence-corrected chi connectivity index (χ3v) is 9.42. The average molecular weight is 861 g/mol. The van der Waals surface area contributed by atoms with Crippen LogP contribution in [0.2, 0.25) is 0 Å². The number of benzene rings is 6. The lowest BCUT2D eigenvalue weighted by atomic mass is 10.2. The van der Waals surface area contributed by atoms with Crippen LogP contribution in [0.5, 0.6) is 34.5 Å². The molecule has 0 saturated carbocycles. The summed E-state index contributed by atoms with van der Waals surface area (Å²) in [6.45, 7) is 2.89. The molecular weight excluding hydrogens is 813 g/mol. The number of hydrogen-bond donors (Lipinski definition) is 3. The summed E-state index contributed by atoms with van der Waals surface area (Å²) in [5.41, 5.74) is 5.16. The van der Waals surface area contributed by atoms with Gasteiger partial charge in [0.1, 0.15) is 34.5 Å². The minimum absolute atomic E-state index is 0.0664. The molecule has 3 N–H and O–H groups in total. The second-order valence-electron chi connectivity index (χ2n) is 13.9. The van der Waals surface area contributed by atoms with Crippen molar-refractivity contribution in [1.82, 2.24) is 4.90 Å². The molecule has 0 spiro atoms. The Balaban J connectivity index is 1.09. The second-order valence-corrected chi connectivity index (χ2v) is 13.9. The van der Waals surface area contributed by atoms with E-state index in [0.29, 0.717) is 90.1 Å². The first-order valence-electron chi connectivity index (χ1n) is 20.2. The molecule has 16 heteroatoms. The van der Waals surface area contributed by atoms with Crippen LogP contribution >= 0.6 is 0 Å². The van der Waals surface area contributed by atoms with Gasteiger partial charge in [0.2, 0.25) is 0 Å². The number of aromatic hydroxyl groups is 3. The molecule has 0 aliphatic heterocycles. The zero-order valence-electron chi connectivity index (χ0n) is 35.6. The molecule has 0 bridgehead atoms. The predicted molar refractivity (Wildman–Crippen MR) is 250 cm³/mol. The van der Waals surface area contributed by atoms with Crippen molar-refractivity contribution in [3.05, 3.63) is 144 Å². The van der Waals surface area contributed by atoms with Crippen molar-refractivity contribution >= 4 is 52.8 Å². The predicted octanol–water partition coefficient (Wildman–Crippen LogP) is 11.0. The highest BCUT2D eigenvalue weighted by Gasteiger charge is 2.07. The van der Waals surface area contributed by atoms with Crippen molar-refractivity contribution in [2.75, 3.05) is 60.6 Å². The van der Waals surface area contributed by atoms with E-state index in [1.807, 2.05) is 0 Å². The summed E-state index contributed by atoms with van der Waals surface area (Å²) < 4.78 is 15.6. The van der Waals surface area contributed by atoms with Crippen molar-refractivity contribution in [2.24, 2.45) is 45.7 Å². The third kappa shape index (κ3) is 14.2. The number of aliphatic imine (C=N–C) groups is 3. The van der Waals surface area contributed by atoms with Gasteiger partial charge in [0.05, 0.1) is 75.1 Å². The largest absolute Gasteiger partial charge is 0.507 e. The number of hydrogen-bond acceptors (Lipinski definition) is 16. The SMILES string of the molecule is COc1ccc(N=Nc2ccc(O)c(C=NCCN(CCN=Cc3cc(N=Nc4ccc(OC)cc4)ccc3O)CCN=Cc3cc(N=Nc4ccc(OC)cc4)ccc3O)c2)cc1. The van der Waals surface area contributed by atoms with Crippen LogP contribution in [0.25, 0.3) is 0 Å². The van der Waals surface area contributed by atoms with Crippen LogP contribution in [0.15, 0.2) is 173 Å². The van der Waals surface area contributed by atoms with E-state index in [0.717, 1.165) is 17.2 Å². The molecule has 0 fully saturated rings. The molecule has 0 saturated heterocycles. The molecule has 6 aromatic carbocycles. The average Bonchev–Trinajstić information content (AvgIpc) is 3.33. The Hall–Kier alpha value is -8.11. The Morgan fingerprint density at radius 2 is 0.625 bits per heavy atom. The number of methoxy groups -OCH3 is 3. The highest BCUT2D eigenvalue weighted by molar-refractivity contribution is 5.86. The third-order valence-electron chi connectivity index (χ3n) is 9.42. The first-order valence-corrected chi connectivity index (χ1v) is 20.2. The minimum atomic E-state index is 0.0664. The smallest absolute Gasteiger partial charge is 0.124 e. The summed E-state index contributed by atoms with van der Waals surface area (Å²) in [5, 5.41) is 57.4. The van der Waals surface area contributed by atoms with Crippen molar-refractivity contribution in [3.8, 4) is 34.5 Å². The van der Waals surface area contributed by atoms with E-state index < -0.39 is 0 Å². The first kappa shape index (κ1) is 45.4. The van der Waals surface area contributed by atoms with Crippen LogP contribution < -0.4 is 14.2 Å². The molecule has 6 rings (SSSR count). The van der Waals surface area contributed by atoms with E-state index in [9.17, 15) is 15.3 Å². The van der Waals surface area contributed by atoms with Crippen molar-refractivity contribution < 1.29 is 29.5 Å². The molecule has 0 atom stereocenters. The summed E-state index contributed by atoms with van der Waals surface area (Å²) in [4.78, 5) is 16.0. The summed E-state index contributed by atoms with van der Waals surface area (Å²) in [6, 6.07) is 36.5. The maximum absolute atomic E-state index is 10.5. The van der Waals surface area contributed by atoms with Gasteiger partial charge in [-0.3, -0.25) is 19.9 Å². The summed E-state index contributed by atoms with van der Waals surface area (Å²) in [7, 11) is 4.80. The van der Waals surface area contributed by atoms with Gasteiger partial charge in [0.15, 0.2) is 0 Å². The molecule has 0 unspecified atom stereocenters. The van der Waals surface area contributed by atoms with E-state index in [4.69, 9.17) is 14.2 Å². The molecule has 0 aliphatic carbocycles. The standard InChI is InChI=1S/C48H48N10O6/c1-62-43-13-4-37(5-14-43)52-55-40-10-19-46(59)34(28-40)31-49-22-25-58(26-23-50-32-35-29-41(11-20-47(35)60)56-53-38-6-15-44(63-2)16-7-38)27-24-51-33-36-30-42(12-21-48(36)61)57-54-39-8-17-45(64-3)18-9-39/h4-21,28-33,59-61H,22-27H2,1-3H3. The number of phenols is 3. The number of nitrogens with zero attached hydrogens (tertiary/aromatic N) is 10. The van der Waals surface area contributed by atoms with Crippen LogP contribution in [0.3, 0.4) is 0 Å². The van der Waals surface area contributed by atoms with Gasteiger partial charge in [-0.1, -0.05) is 0 Å². The Morgan fingerprint density at radius 1 is 0.375 bits per heavy atom. The fraction of sp³-hybridized carbons (Fsp3) is 0.188. The fourth-order valence-electron chi connectivity index (χ4n) is 5.84. The lowest BCUT2D eigenvalue weighted by Gasteiger charge is -2.19. The number of rotatable bonds is 21. The topological polar surface area (TPSA) is 203 Å². The van der Waals surface area contributed by atoms with Crippen molar-refractivity contribution in [2.45, 2.75) is 0 Å². The Kier molecular flexibility index (Phi) is 16.9. The summed E-state index contributed by atoms with van der Waals surface area (Å²) in [6.07, 6.45) is 4.83. The van der Waals surface area contributed by atoms with E-state index in [1.54, 1.807) is 167 Å². The molecule has 16 nitrogen and oxygen atoms in total. The van der Waals surface area contributed by atoms with Crippen LogP contribution in [-0.4, -0.2) is 99.5 Å². The highest BCUT2D eigenvalue weighted by atomic mass is 16.5. The lowest BCUT2D eigenvalue weighted by Crippen LogP contribution is -2.31.